The second-order valence-electron chi connectivity index (χ2n) is 6.14. The number of hydrogen-bond donors (Lipinski definition) is 0. The number of carbonyl (C=O) groups is 2. The third kappa shape index (κ3) is 4.44. The van der Waals surface area contributed by atoms with Crippen molar-refractivity contribution >= 4 is 27.7 Å². The van der Waals surface area contributed by atoms with E-state index in [-0.39, 0.29) is 18.2 Å². The number of nitrogens with zero attached hydrogens (tertiary/aromatic N) is 2. The second kappa shape index (κ2) is 8.47. The summed E-state index contributed by atoms with van der Waals surface area (Å²) in [5.74, 6) is 1.39. The molecule has 0 saturated carbocycles. The maximum Gasteiger partial charge on any atom is 0.289 e. The van der Waals surface area contributed by atoms with Gasteiger partial charge in [0, 0.05) is 26.2 Å². The summed E-state index contributed by atoms with van der Waals surface area (Å²) >= 11 is 3.20. The lowest BCUT2D eigenvalue weighted by atomic mass is 10.1. The molecule has 0 spiro atoms. The Morgan fingerprint density at radius 2 is 1.67 bits per heavy atom. The number of halogens is 1. The van der Waals surface area contributed by atoms with Crippen molar-refractivity contribution in [2.24, 2.45) is 0 Å². The largest absolute Gasteiger partial charge is 0.493 e. The lowest BCUT2D eigenvalue weighted by Crippen LogP contribution is -2.50. The molecule has 7 nitrogen and oxygen atoms in total. The van der Waals surface area contributed by atoms with Crippen LogP contribution < -0.4 is 9.47 Å². The van der Waals surface area contributed by atoms with E-state index in [1.807, 2.05) is 12.1 Å². The van der Waals surface area contributed by atoms with Crippen molar-refractivity contribution in [3.63, 3.8) is 0 Å². The standard InChI is InChI=1S/C19H21BrN2O5/c1-25-14-4-3-13(11-16(14)26-2)12-18(23)21-7-9-22(10-8-21)19(24)15-5-6-17(20)27-15/h3-6,11H,7-10,12H2,1-2H3. The fourth-order valence-electron chi connectivity index (χ4n) is 3.02. The van der Waals surface area contributed by atoms with E-state index >= 15 is 0 Å². The Kier molecular flexibility index (Phi) is 6.05. The monoisotopic (exact) mass is 436 g/mol. The van der Waals surface area contributed by atoms with Gasteiger partial charge < -0.3 is 23.7 Å². The fraction of sp³-hybridized carbons (Fsp3) is 0.368. The number of amides is 2. The van der Waals surface area contributed by atoms with Crippen LogP contribution in [-0.2, 0) is 11.2 Å². The molecule has 0 N–H and O–H groups in total. The molecule has 2 aromatic rings. The van der Waals surface area contributed by atoms with Gasteiger partial charge in [-0.15, -0.1) is 0 Å². The van der Waals surface area contributed by atoms with Gasteiger partial charge >= 0.3 is 0 Å². The third-order valence-corrected chi connectivity index (χ3v) is 4.93. The molecule has 0 aliphatic carbocycles. The molecule has 144 valence electrons. The van der Waals surface area contributed by atoms with Gasteiger partial charge in [0.1, 0.15) is 0 Å². The van der Waals surface area contributed by atoms with E-state index in [2.05, 4.69) is 15.9 Å². The van der Waals surface area contributed by atoms with Crippen LogP contribution in [0.5, 0.6) is 11.5 Å². The minimum atomic E-state index is -0.160. The topological polar surface area (TPSA) is 72.2 Å². The van der Waals surface area contributed by atoms with E-state index in [0.29, 0.717) is 48.1 Å². The van der Waals surface area contributed by atoms with E-state index in [9.17, 15) is 9.59 Å². The van der Waals surface area contributed by atoms with Gasteiger partial charge in [0.2, 0.25) is 5.91 Å². The highest BCUT2D eigenvalue weighted by Gasteiger charge is 2.26. The predicted octanol–water partition coefficient (Wildman–Crippen LogP) is 2.59. The molecule has 0 radical (unpaired) electrons. The van der Waals surface area contributed by atoms with Crippen molar-refractivity contribution < 1.29 is 23.5 Å². The molecule has 2 amide bonds. The Labute approximate surface area is 165 Å². The molecule has 3 rings (SSSR count). The molecule has 1 aliphatic rings. The number of methoxy groups -OCH3 is 2. The summed E-state index contributed by atoms with van der Waals surface area (Å²) in [6.07, 6.45) is 0.277. The minimum absolute atomic E-state index is 0.0232. The molecule has 2 heterocycles. The summed E-state index contributed by atoms with van der Waals surface area (Å²) in [7, 11) is 3.14. The van der Waals surface area contributed by atoms with E-state index in [4.69, 9.17) is 13.9 Å². The van der Waals surface area contributed by atoms with E-state index in [1.165, 1.54) is 0 Å². The van der Waals surface area contributed by atoms with Crippen LogP contribution in [0, 0.1) is 0 Å². The normalized spacial score (nSPS) is 14.2. The average molecular weight is 437 g/mol. The summed E-state index contributed by atoms with van der Waals surface area (Å²) in [5, 5.41) is 0. The van der Waals surface area contributed by atoms with Gasteiger partial charge in [0.05, 0.1) is 20.6 Å². The molecular weight excluding hydrogens is 416 g/mol. The fourth-order valence-corrected chi connectivity index (χ4v) is 3.33. The first-order valence-corrected chi connectivity index (χ1v) is 9.34. The molecule has 1 aliphatic heterocycles. The lowest BCUT2D eigenvalue weighted by Gasteiger charge is -2.34. The number of ether oxygens (including phenoxy) is 2. The van der Waals surface area contributed by atoms with Crippen LogP contribution in [0.2, 0.25) is 0 Å². The van der Waals surface area contributed by atoms with E-state index in [0.717, 1.165) is 5.56 Å². The van der Waals surface area contributed by atoms with Gasteiger partial charge in [-0.25, -0.2) is 0 Å². The number of benzene rings is 1. The zero-order valence-corrected chi connectivity index (χ0v) is 16.8. The van der Waals surface area contributed by atoms with Crippen molar-refractivity contribution in [3.05, 3.63) is 46.3 Å². The van der Waals surface area contributed by atoms with Crippen molar-refractivity contribution in [1.82, 2.24) is 9.80 Å². The first kappa shape index (κ1) is 19.3. The van der Waals surface area contributed by atoms with Crippen LogP contribution in [0.1, 0.15) is 16.1 Å². The van der Waals surface area contributed by atoms with Crippen LogP contribution in [0.25, 0.3) is 0 Å². The number of carbonyl (C=O) groups excluding carboxylic acids is 2. The molecule has 0 unspecified atom stereocenters. The highest BCUT2D eigenvalue weighted by molar-refractivity contribution is 9.10. The van der Waals surface area contributed by atoms with Gasteiger partial charge in [-0.2, -0.15) is 0 Å². The zero-order valence-electron chi connectivity index (χ0n) is 15.2. The first-order valence-electron chi connectivity index (χ1n) is 8.55. The van der Waals surface area contributed by atoms with Crippen molar-refractivity contribution in [2.75, 3.05) is 40.4 Å². The summed E-state index contributed by atoms with van der Waals surface area (Å²) in [6.45, 7) is 1.96. The van der Waals surface area contributed by atoms with Gasteiger partial charge in [0.25, 0.3) is 5.91 Å². The molecule has 8 heteroatoms. The molecule has 27 heavy (non-hydrogen) atoms. The van der Waals surface area contributed by atoms with Crippen molar-refractivity contribution in [2.45, 2.75) is 6.42 Å². The van der Waals surface area contributed by atoms with Gasteiger partial charge in [0.15, 0.2) is 21.9 Å². The smallest absolute Gasteiger partial charge is 0.289 e. The van der Waals surface area contributed by atoms with E-state index < -0.39 is 0 Å². The SMILES string of the molecule is COc1ccc(CC(=O)N2CCN(C(=O)c3ccc(Br)o3)CC2)cc1OC. The second-order valence-corrected chi connectivity index (χ2v) is 6.92. The highest BCUT2D eigenvalue weighted by atomic mass is 79.9. The third-order valence-electron chi connectivity index (χ3n) is 4.51. The molecule has 1 saturated heterocycles. The van der Waals surface area contributed by atoms with Gasteiger partial charge in [-0.05, 0) is 45.8 Å². The molecular formula is C19H21BrN2O5. The number of piperazine rings is 1. The number of hydrogen-bond acceptors (Lipinski definition) is 5. The Morgan fingerprint density at radius 3 is 2.26 bits per heavy atom. The molecule has 1 fully saturated rings. The lowest BCUT2D eigenvalue weighted by molar-refractivity contribution is -0.131. The average Bonchev–Trinajstić information content (AvgIpc) is 3.13. The van der Waals surface area contributed by atoms with Crippen LogP contribution in [-0.4, -0.2) is 62.0 Å². The quantitative estimate of drug-likeness (QED) is 0.719. The van der Waals surface area contributed by atoms with Crippen molar-refractivity contribution in [3.8, 4) is 11.5 Å². The van der Waals surface area contributed by atoms with Crippen LogP contribution in [0.4, 0.5) is 0 Å². The van der Waals surface area contributed by atoms with Crippen molar-refractivity contribution in [1.29, 1.82) is 0 Å². The van der Waals surface area contributed by atoms with Crippen LogP contribution in [0.15, 0.2) is 39.4 Å². The molecule has 1 aromatic carbocycles. The summed E-state index contributed by atoms with van der Waals surface area (Å²) in [6, 6.07) is 8.79. The Hall–Kier alpha value is -2.48. The summed E-state index contributed by atoms with van der Waals surface area (Å²) in [5.41, 5.74) is 0.858. The van der Waals surface area contributed by atoms with Gasteiger partial charge in [-0.1, -0.05) is 6.07 Å². The first-order chi connectivity index (χ1) is 13.0. The Bertz CT molecular complexity index is 827. The maximum atomic E-state index is 12.6. The predicted molar refractivity (Wildman–Crippen MR) is 102 cm³/mol. The Morgan fingerprint density at radius 1 is 1.00 bits per heavy atom. The number of furan rings is 1. The Balaban J connectivity index is 1.56. The molecule has 0 bridgehead atoms. The summed E-state index contributed by atoms with van der Waals surface area (Å²) < 4.78 is 16.3. The highest BCUT2D eigenvalue weighted by Crippen LogP contribution is 2.28. The molecule has 0 atom stereocenters. The van der Waals surface area contributed by atoms with Crippen LogP contribution in [0.3, 0.4) is 0 Å². The number of rotatable bonds is 5. The minimum Gasteiger partial charge on any atom is -0.493 e. The zero-order chi connectivity index (χ0) is 19.4. The molecule has 1 aromatic heterocycles. The summed E-state index contributed by atoms with van der Waals surface area (Å²) in [4.78, 5) is 28.5. The van der Waals surface area contributed by atoms with Gasteiger partial charge in [-0.3, -0.25) is 9.59 Å². The maximum absolute atomic E-state index is 12.6. The van der Waals surface area contributed by atoms with Crippen LogP contribution >= 0.6 is 15.9 Å². The van der Waals surface area contributed by atoms with E-state index in [1.54, 1.807) is 42.2 Å².